The molecule has 0 unspecified atom stereocenters. The van der Waals surface area contributed by atoms with Crippen LogP contribution in [0.4, 0.5) is 18.9 Å². The topological polar surface area (TPSA) is 48.7 Å². The van der Waals surface area contributed by atoms with Crippen LogP contribution in [0.3, 0.4) is 0 Å². The number of pyridine rings is 1. The van der Waals surface area contributed by atoms with E-state index in [9.17, 15) is 13.2 Å². The maximum Gasteiger partial charge on any atom is 0.433 e. The van der Waals surface area contributed by atoms with Crippen molar-refractivity contribution in [2.45, 2.75) is 12.7 Å². The molecule has 2 aromatic rings. The molecule has 0 aliphatic carbocycles. The summed E-state index contributed by atoms with van der Waals surface area (Å²) < 4.78 is 37.0. The number of rotatable bonds is 3. The average Bonchev–Trinajstić information content (AvgIpc) is 2.45. The molecular weight excluding hydrogens is 267 g/mol. The minimum Gasteiger partial charge on any atom is -0.380 e. The second-order valence-corrected chi connectivity index (χ2v) is 4.09. The van der Waals surface area contributed by atoms with E-state index in [2.05, 4.69) is 10.3 Å². The Hall–Kier alpha value is -2.55. The van der Waals surface area contributed by atoms with E-state index in [0.29, 0.717) is 17.8 Å². The van der Waals surface area contributed by atoms with Crippen LogP contribution in [0.1, 0.15) is 16.8 Å². The van der Waals surface area contributed by atoms with Crippen molar-refractivity contribution in [3.8, 4) is 6.07 Å². The van der Waals surface area contributed by atoms with Gasteiger partial charge in [-0.25, -0.2) is 4.98 Å². The van der Waals surface area contributed by atoms with Crippen LogP contribution < -0.4 is 5.32 Å². The lowest BCUT2D eigenvalue weighted by molar-refractivity contribution is -0.141. The van der Waals surface area contributed by atoms with E-state index in [-0.39, 0.29) is 0 Å². The van der Waals surface area contributed by atoms with Crippen molar-refractivity contribution in [2.24, 2.45) is 0 Å². The molecule has 0 fully saturated rings. The third-order valence-electron chi connectivity index (χ3n) is 2.63. The zero-order valence-corrected chi connectivity index (χ0v) is 10.3. The van der Waals surface area contributed by atoms with Crippen molar-refractivity contribution in [3.05, 3.63) is 59.4 Å². The highest BCUT2D eigenvalue weighted by molar-refractivity contribution is 5.42. The minimum atomic E-state index is -4.42. The van der Waals surface area contributed by atoms with E-state index in [1.165, 1.54) is 6.07 Å². The molecule has 0 saturated carbocycles. The predicted molar refractivity (Wildman–Crippen MR) is 67.7 cm³/mol. The fourth-order valence-corrected chi connectivity index (χ4v) is 1.57. The highest BCUT2D eigenvalue weighted by Crippen LogP contribution is 2.27. The third kappa shape index (κ3) is 3.48. The summed E-state index contributed by atoms with van der Waals surface area (Å²) in [5, 5.41) is 11.6. The van der Waals surface area contributed by atoms with Crippen molar-refractivity contribution in [1.82, 2.24) is 4.98 Å². The van der Waals surface area contributed by atoms with Crippen molar-refractivity contribution in [2.75, 3.05) is 5.32 Å². The van der Waals surface area contributed by atoms with E-state index in [1.54, 1.807) is 24.3 Å². The van der Waals surface area contributed by atoms with Crippen LogP contribution in [0.5, 0.6) is 0 Å². The molecule has 2 rings (SSSR count). The minimum absolute atomic E-state index is 0.443. The molecule has 20 heavy (non-hydrogen) atoms. The SMILES string of the molecule is N#Cc1ccc(CNc2ccc(C(F)(F)F)nc2)cc1. The molecule has 1 N–H and O–H groups in total. The molecule has 0 aliphatic heterocycles. The zero-order valence-electron chi connectivity index (χ0n) is 10.3. The van der Waals surface area contributed by atoms with Gasteiger partial charge in [-0.2, -0.15) is 18.4 Å². The fourth-order valence-electron chi connectivity index (χ4n) is 1.57. The standard InChI is InChI=1S/C14H10F3N3/c15-14(16,17)13-6-5-12(9-20-13)19-8-11-3-1-10(7-18)2-4-11/h1-6,9,19H,8H2. The Morgan fingerprint density at radius 2 is 1.80 bits per heavy atom. The van der Waals surface area contributed by atoms with Crippen LogP contribution in [0, 0.1) is 11.3 Å². The number of nitrogens with one attached hydrogen (secondary N) is 1. The van der Waals surface area contributed by atoms with Crippen molar-refractivity contribution < 1.29 is 13.2 Å². The Bertz CT molecular complexity index is 610. The van der Waals surface area contributed by atoms with Crippen LogP contribution in [-0.2, 0) is 12.7 Å². The first-order valence-electron chi connectivity index (χ1n) is 5.75. The van der Waals surface area contributed by atoms with Gasteiger partial charge in [0.05, 0.1) is 23.5 Å². The van der Waals surface area contributed by atoms with Crippen LogP contribution in [0.15, 0.2) is 42.6 Å². The van der Waals surface area contributed by atoms with E-state index < -0.39 is 11.9 Å². The van der Waals surface area contributed by atoms with Gasteiger partial charge in [-0.3, -0.25) is 0 Å². The van der Waals surface area contributed by atoms with Crippen molar-refractivity contribution >= 4 is 5.69 Å². The van der Waals surface area contributed by atoms with E-state index in [1.807, 2.05) is 6.07 Å². The molecule has 6 heteroatoms. The summed E-state index contributed by atoms with van der Waals surface area (Å²) in [6, 6.07) is 11.2. The number of benzene rings is 1. The smallest absolute Gasteiger partial charge is 0.380 e. The molecule has 0 atom stereocenters. The number of alkyl halides is 3. The molecule has 0 amide bonds. The van der Waals surface area contributed by atoms with Gasteiger partial charge in [0.15, 0.2) is 0 Å². The van der Waals surface area contributed by atoms with Gasteiger partial charge >= 0.3 is 6.18 Å². The molecule has 3 nitrogen and oxygen atoms in total. The number of nitrogens with zero attached hydrogens (tertiary/aromatic N) is 2. The summed E-state index contributed by atoms with van der Waals surface area (Å²) in [7, 11) is 0. The molecule has 102 valence electrons. The van der Waals surface area contributed by atoms with Gasteiger partial charge in [0.1, 0.15) is 5.69 Å². The number of hydrogen-bond acceptors (Lipinski definition) is 3. The summed E-state index contributed by atoms with van der Waals surface area (Å²) >= 11 is 0. The van der Waals surface area contributed by atoms with Gasteiger partial charge in [0.2, 0.25) is 0 Å². The summed E-state index contributed by atoms with van der Waals surface area (Å²) in [4.78, 5) is 3.36. The van der Waals surface area contributed by atoms with Crippen LogP contribution in [0.2, 0.25) is 0 Å². The van der Waals surface area contributed by atoms with E-state index in [0.717, 1.165) is 17.8 Å². The van der Waals surface area contributed by atoms with Crippen LogP contribution >= 0.6 is 0 Å². The van der Waals surface area contributed by atoms with Gasteiger partial charge in [0, 0.05) is 6.54 Å². The van der Waals surface area contributed by atoms with Gasteiger partial charge in [-0.1, -0.05) is 12.1 Å². The van der Waals surface area contributed by atoms with E-state index >= 15 is 0 Å². The first-order chi connectivity index (χ1) is 9.49. The summed E-state index contributed by atoms with van der Waals surface area (Å²) in [5.74, 6) is 0. The number of halogens is 3. The van der Waals surface area contributed by atoms with Gasteiger partial charge in [-0.05, 0) is 29.8 Å². The Morgan fingerprint density at radius 3 is 2.30 bits per heavy atom. The molecule has 1 aromatic heterocycles. The lowest BCUT2D eigenvalue weighted by atomic mass is 10.1. The second-order valence-electron chi connectivity index (χ2n) is 4.09. The molecule has 0 bridgehead atoms. The quantitative estimate of drug-likeness (QED) is 0.932. The first-order valence-corrected chi connectivity index (χ1v) is 5.75. The van der Waals surface area contributed by atoms with Crippen LogP contribution in [-0.4, -0.2) is 4.98 Å². The van der Waals surface area contributed by atoms with E-state index in [4.69, 9.17) is 5.26 Å². The van der Waals surface area contributed by atoms with Crippen molar-refractivity contribution in [1.29, 1.82) is 5.26 Å². The largest absolute Gasteiger partial charge is 0.433 e. The van der Waals surface area contributed by atoms with Gasteiger partial charge in [-0.15, -0.1) is 0 Å². The Labute approximate surface area is 113 Å². The van der Waals surface area contributed by atoms with Gasteiger partial charge < -0.3 is 5.32 Å². The molecule has 0 radical (unpaired) electrons. The number of anilines is 1. The maximum absolute atomic E-state index is 12.3. The second kappa shape index (κ2) is 5.61. The Morgan fingerprint density at radius 1 is 1.10 bits per heavy atom. The highest BCUT2D eigenvalue weighted by Gasteiger charge is 2.31. The fraction of sp³-hybridized carbons (Fsp3) is 0.143. The summed E-state index contributed by atoms with van der Waals surface area (Å²) in [6.07, 6.45) is -3.28. The molecule has 1 heterocycles. The lowest BCUT2D eigenvalue weighted by Crippen LogP contribution is -2.08. The predicted octanol–water partition coefficient (Wildman–Crippen LogP) is 3.58. The monoisotopic (exact) mass is 277 g/mol. The maximum atomic E-state index is 12.3. The molecular formula is C14H10F3N3. The lowest BCUT2D eigenvalue weighted by Gasteiger charge is -2.08. The average molecular weight is 277 g/mol. The highest BCUT2D eigenvalue weighted by atomic mass is 19.4. The zero-order chi connectivity index (χ0) is 14.6. The van der Waals surface area contributed by atoms with Crippen molar-refractivity contribution in [3.63, 3.8) is 0 Å². The molecule has 0 aliphatic rings. The molecule has 0 saturated heterocycles. The Balaban J connectivity index is 1.98. The summed E-state index contributed by atoms with van der Waals surface area (Å²) in [5.41, 5.74) is 1.07. The first kappa shape index (κ1) is 13.9. The van der Waals surface area contributed by atoms with Gasteiger partial charge in [0.25, 0.3) is 0 Å². The number of aromatic nitrogens is 1. The molecule has 0 spiro atoms. The van der Waals surface area contributed by atoms with Crippen LogP contribution in [0.25, 0.3) is 0 Å². The summed E-state index contributed by atoms with van der Waals surface area (Å²) in [6.45, 7) is 0.443. The Kier molecular flexibility index (Phi) is 3.89. The molecule has 1 aromatic carbocycles. The number of nitriles is 1. The number of hydrogen-bond donors (Lipinski definition) is 1. The third-order valence-corrected chi connectivity index (χ3v) is 2.63. The normalized spacial score (nSPS) is 10.9.